The minimum atomic E-state index is -4.49. The molecule has 1 saturated heterocycles. The van der Waals surface area contributed by atoms with Gasteiger partial charge in [-0.2, -0.15) is 18.3 Å². The lowest BCUT2D eigenvalue weighted by atomic mass is 9.82. The van der Waals surface area contributed by atoms with Crippen molar-refractivity contribution < 1.29 is 32.6 Å². The number of fused-ring (bicyclic) bond motifs is 2. The summed E-state index contributed by atoms with van der Waals surface area (Å²) in [5, 5.41) is 15.4. The fraction of sp³-hybridized carbons (Fsp3) is 0.562. The maximum Gasteiger partial charge on any atom is 0.435 e. The number of aryl methyl sites for hydroxylation is 2. The highest BCUT2D eigenvalue weighted by Gasteiger charge is 2.53. The van der Waals surface area contributed by atoms with Crippen LogP contribution >= 0.6 is 0 Å². The molecule has 0 saturated carbocycles. The Hall–Kier alpha value is -2.36. The van der Waals surface area contributed by atoms with Gasteiger partial charge in [0.25, 0.3) is 0 Å². The molecule has 1 fully saturated rings. The van der Waals surface area contributed by atoms with Crippen LogP contribution in [-0.2, 0) is 27.0 Å². The van der Waals surface area contributed by atoms with Gasteiger partial charge in [0, 0.05) is 18.8 Å². The number of alkyl halides is 3. The predicted octanol–water partition coefficient (Wildman–Crippen LogP) is 1.37. The SMILES string of the molecule is Cc1cc(C(F)(F)F)nn1CCCNC(=O)C1C2C=CC(O2)C1C(=O)O. The van der Waals surface area contributed by atoms with Gasteiger partial charge in [-0.05, 0) is 19.4 Å². The van der Waals surface area contributed by atoms with E-state index >= 15 is 0 Å². The molecule has 0 aromatic carbocycles. The Morgan fingerprint density at radius 1 is 1.31 bits per heavy atom. The molecule has 0 spiro atoms. The summed E-state index contributed by atoms with van der Waals surface area (Å²) in [7, 11) is 0. The molecule has 3 heterocycles. The molecule has 1 amide bonds. The minimum Gasteiger partial charge on any atom is -0.481 e. The number of ether oxygens (including phenoxy) is 1. The molecule has 4 unspecified atom stereocenters. The molecule has 2 bridgehead atoms. The topological polar surface area (TPSA) is 93.5 Å². The maximum atomic E-state index is 12.6. The number of halogens is 3. The molecule has 3 rings (SSSR count). The molecule has 0 aliphatic carbocycles. The molecule has 10 heteroatoms. The standard InChI is InChI=1S/C16H18F3N3O4/c1-8-7-11(16(17,18)19)21-22(8)6-2-5-20-14(23)12-9-3-4-10(26-9)13(12)15(24)25/h3-4,7,9-10,12-13H,2,5-6H2,1H3,(H,20,23)(H,24,25). The van der Waals surface area contributed by atoms with Crippen LogP contribution in [0.1, 0.15) is 17.8 Å². The van der Waals surface area contributed by atoms with E-state index < -0.39 is 47.8 Å². The number of amides is 1. The fourth-order valence-electron chi connectivity index (χ4n) is 3.35. The van der Waals surface area contributed by atoms with Crippen LogP contribution in [0.4, 0.5) is 13.2 Å². The number of aromatic nitrogens is 2. The zero-order valence-corrected chi connectivity index (χ0v) is 13.9. The molecule has 2 aliphatic heterocycles. The normalized spacial score (nSPS) is 27.1. The van der Waals surface area contributed by atoms with E-state index in [-0.39, 0.29) is 13.1 Å². The lowest BCUT2D eigenvalue weighted by molar-refractivity contribution is -0.146. The van der Waals surface area contributed by atoms with Crippen molar-refractivity contribution in [2.75, 3.05) is 6.54 Å². The molecule has 2 N–H and O–H groups in total. The summed E-state index contributed by atoms with van der Waals surface area (Å²) in [4.78, 5) is 23.6. The number of hydrogen-bond donors (Lipinski definition) is 2. The van der Waals surface area contributed by atoms with Crippen molar-refractivity contribution in [3.8, 4) is 0 Å². The first-order chi connectivity index (χ1) is 12.2. The van der Waals surface area contributed by atoms with E-state index in [2.05, 4.69) is 10.4 Å². The third kappa shape index (κ3) is 3.46. The summed E-state index contributed by atoms with van der Waals surface area (Å²) >= 11 is 0. The Morgan fingerprint density at radius 2 is 1.96 bits per heavy atom. The Labute approximate surface area is 146 Å². The van der Waals surface area contributed by atoms with Crippen LogP contribution < -0.4 is 5.32 Å². The van der Waals surface area contributed by atoms with Crippen molar-refractivity contribution in [1.82, 2.24) is 15.1 Å². The minimum absolute atomic E-state index is 0.198. The number of carbonyl (C=O) groups excluding carboxylic acids is 1. The number of aliphatic carboxylic acids is 1. The van der Waals surface area contributed by atoms with E-state index in [0.717, 1.165) is 6.07 Å². The molecule has 7 nitrogen and oxygen atoms in total. The number of hydrogen-bond acceptors (Lipinski definition) is 4. The largest absolute Gasteiger partial charge is 0.481 e. The summed E-state index contributed by atoms with van der Waals surface area (Å²) in [6.45, 7) is 1.93. The van der Waals surface area contributed by atoms with Crippen molar-refractivity contribution >= 4 is 11.9 Å². The Bertz CT molecular complexity index is 744. The van der Waals surface area contributed by atoms with Gasteiger partial charge in [0.05, 0.1) is 18.1 Å². The van der Waals surface area contributed by atoms with Gasteiger partial charge in [-0.15, -0.1) is 0 Å². The number of carbonyl (C=O) groups is 2. The van der Waals surface area contributed by atoms with Crippen LogP contribution in [0.2, 0.25) is 0 Å². The second kappa shape index (κ2) is 6.75. The first-order valence-corrected chi connectivity index (χ1v) is 8.14. The maximum absolute atomic E-state index is 12.6. The second-order valence-corrected chi connectivity index (χ2v) is 6.38. The highest BCUT2D eigenvalue weighted by atomic mass is 19.4. The van der Waals surface area contributed by atoms with Crippen LogP contribution in [0.3, 0.4) is 0 Å². The quantitative estimate of drug-likeness (QED) is 0.580. The molecular weight excluding hydrogens is 355 g/mol. The van der Waals surface area contributed by atoms with Crippen LogP contribution in [0.5, 0.6) is 0 Å². The molecule has 1 aromatic heterocycles. The third-order valence-corrected chi connectivity index (χ3v) is 4.60. The average Bonchev–Trinajstić information content (AvgIpc) is 3.24. The Morgan fingerprint density at radius 3 is 2.54 bits per heavy atom. The molecule has 1 aromatic rings. The molecule has 4 atom stereocenters. The number of nitrogens with zero attached hydrogens (tertiary/aromatic N) is 2. The molecule has 26 heavy (non-hydrogen) atoms. The van der Waals surface area contributed by atoms with Crippen LogP contribution in [0, 0.1) is 18.8 Å². The van der Waals surface area contributed by atoms with Gasteiger partial charge in [-0.1, -0.05) is 12.2 Å². The van der Waals surface area contributed by atoms with Crippen molar-refractivity contribution in [3.05, 3.63) is 29.6 Å². The van der Waals surface area contributed by atoms with Crippen LogP contribution in [-0.4, -0.2) is 45.5 Å². The van der Waals surface area contributed by atoms with Crippen molar-refractivity contribution in [2.24, 2.45) is 11.8 Å². The smallest absolute Gasteiger partial charge is 0.435 e. The Balaban J connectivity index is 1.51. The lowest BCUT2D eigenvalue weighted by Crippen LogP contribution is -2.42. The first kappa shape index (κ1) is 18.4. The van der Waals surface area contributed by atoms with Gasteiger partial charge < -0.3 is 15.2 Å². The van der Waals surface area contributed by atoms with E-state index in [1.807, 2.05) is 0 Å². The average molecular weight is 373 g/mol. The summed E-state index contributed by atoms with van der Waals surface area (Å²) < 4.78 is 44.5. The van der Waals surface area contributed by atoms with Crippen LogP contribution in [0.15, 0.2) is 18.2 Å². The molecule has 2 aliphatic rings. The lowest BCUT2D eigenvalue weighted by Gasteiger charge is -2.21. The van der Waals surface area contributed by atoms with Crippen molar-refractivity contribution in [1.29, 1.82) is 0 Å². The second-order valence-electron chi connectivity index (χ2n) is 6.38. The molecule has 142 valence electrons. The summed E-state index contributed by atoms with van der Waals surface area (Å²) in [6.07, 6.45) is -1.96. The summed E-state index contributed by atoms with van der Waals surface area (Å²) in [6, 6.07) is 0.967. The summed E-state index contributed by atoms with van der Waals surface area (Å²) in [5.74, 6) is -3.24. The van der Waals surface area contributed by atoms with Gasteiger partial charge in [0.1, 0.15) is 5.92 Å². The van der Waals surface area contributed by atoms with Crippen LogP contribution in [0.25, 0.3) is 0 Å². The van der Waals surface area contributed by atoms with Gasteiger partial charge in [0.2, 0.25) is 5.91 Å². The summed E-state index contributed by atoms with van der Waals surface area (Å²) in [5.41, 5.74) is -0.574. The number of carboxylic acid groups (broad SMARTS) is 1. The van der Waals surface area contributed by atoms with Gasteiger partial charge in [-0.3, -0.25) is 14.3 Å². The van der Waals surface area contributed by atoms with E-state index in [4.69, 9.17) is 4.74 Å². The monoisotopic (exact) mass is 373 g/mol. The highest BCUT2D eigenvalue weighted by molar-refractivity contribution is 5.87. The van der Waals surface area contributed by atoms with E-state index in [1.165, 1.54) is 11.6 Å². The van der Waals surface area contributed by atoms with E-state index in [9.17, 15) is 27.9 Å². The van der Waals surface area contributed by atoms with Gasteiger partial charge in [-0.25, -0.2) is 0 Å². The van der Waals surface area contributed by atoms with E-state index in [0.29, 0.717) is 12.1 Å². The van der Waals surface area contributed by atoms with Crippen molar-refractivity contribution in [3.63, 3.8) is 0 Å². The van der Waals surface area contributed by atoms with E-state index in [1.54, 1.807) is 12.2 Å². The molecule has 0 radical (unpaired) electrons. The Kier molecular flexibility index (Phi) is 4.78. The predicted molar refractivity (Wildman–Crippen MR) is 82.0 cm³/mol. The molecular formula is C16H18F3N3O4. The van der Waals surface area contributed by atoms with Gasteiger partial charge >= 0.3 is 12.1 Å². The zero-order chi connectivity index (χ0) is 19.1. The fourth-order valence-corrected chi connectivity index (χ4v) is 3.35. The number of rotatable bonds is 6. The van der Waals surface area contributed by atoms with Crippen molar-refractivity contribution in [2.45, 2.75) is 38.3 Å². The van der Waals surface area contributed by atoms with Gasteiger partial charge in [0.15, 0.2) is 5.69 Å². The zero-order valence-electron chi connectivity index (χ0n) is 13.9. The number of nitrogens with one attached hydrogen (secondary N) is 1. The first-order valence-electron chi connectivity index (χ1n) is 8.14. The number of carboxylic acids is 1. The highest BCUT2D eigenvalue weighted by Crippen LogP contribution is 2.39. The third-order valence-electron chi connectivity index (χ3n) is 4.60.